The first-order chi connectivity index (χ1) is 12.7. The number of benzene rings is 1. The Bertz CT molecular complexity index is 721. The van der Waals surface area contributed by atoms with Crippen LogP contribution in [-0.2, 0) is 24.4 Å². The molecule has 1 atom stereocenters. The summed E-state index contributed by atoms with van der Waals surface area (Å²) in [6.45, 7) is 7.56. The largest absolute Gasteiger partial charge is 0.497 e. The molecule has 1 aromatic carbocycles. The van der Waals surface area contributed by atoms with Gasteiger partial charge < -0.3 is 9.47 Å². The number of ether oxygens (including phenoxy) is 2. The molecule has 1 saturated carbocycles. The minimum atomic E-state index is 0.359. The summed E-state index contributed by atoms with van der Waals surface area (Å²) in [4.78, 5) is 2.51. The summed E-state index contributed by atoms with van der Waals surface area (Å²) in [6.07, 6.45) is 4.99. The molecule has 0 saturated heterocycles. The van der Waals surface area contributed by atoms with Gasteiger partial charge in [0.15, 0.2) is 0 Å². The Hall–Kier alpha value is -1.85. The molecule has 2 heterocycles. The summed E-state index contributed by atoms with van der Waals surface area (Å²) < 4.78 is 13.2. The van der Waals surface area contributed by atoms with Crippen LogP contribution in [0.1, 0.15) is 42.5 Å². The molecule has 2 aliphatic rings. The van der Waals surface area contributed by atoms with Crippen LogP contribution < -0.4 is 4.74 Å². The summed E-state index contributed by atoms with van der Waals surface area (Å²) in [5.74, 6) is 2.11. The fourth-order valence-electron chi connectivity index (χ4n) is 3.81. The molecule has 5 nitrogen and oxygen atoms in total. The zero-order valence-electron chi connectivity index (χ0n) is 15.9. The Labute approximate surface area is 155 Å². The van der Waals surface area contributed by atoms with Gasteiger partial charge in [0.1, 0.15) is 5.75 Å². The third kappa shape index (κ3) is 4.10. The summed E-state index contributed by atoms with van der Waals surface area (Å²) >= 11 is 0. The van der Waals surface area contributed by atoms with Gasteiger partial charge in [-0.25, -0.2) is 0 Å². The Kier molecular flexibility index (Phi) is 5.27. The van der Waals surface area contributed by atoms with E-state index >= 15 is 0 Å². The molecule has 0 spiro atoms. The highest BCUT2D eigenvalue weighted by atomic mass is 16.5. The molecule has 0 N–H and O–H groups in total. The quantitative estimate of drug-likeness (QED) is 0.727. The Morgan fingerprint density at radius 1 is 1.19 bits per heavy atom. The minimum absolute atomic E-state index is 0.359. The van der Waals surface area contributed by atoms with Crippen molar-refractivity contribution in [1.82, 2.24) is 14.7 Å². The van der Waals surface area contributed by atoms with E-state index < -0.39 is 0 Å². The van der Waals surface area contributed by atoms with Gasteiger partial charge in [-0.2, -0.15) is 5.10 Å². The first-order valence-corrected chi connectivity index (χ1v) is 9.74. The van der Waals surface area contributed by atoms with Gasteiger partial charge in [0.05, 0.1) is 19.4 Å². The van der Waals surface area contributed by atoms with Crippen molar-refractivity contribution in [2.24, 2.45) is 5.92 Å². The third-order valence-corrected chi connectivity index (χ3v) is 5.36. The molecular weight excluding hydrogens is 326 g/mol. The molecule has 26 heavy (non-hydrogen) atoms. The van der Waals surface area contributed by atoms with Crippen LogP contribution in [0.15, 0.2) is 30.5 Å². The van der Waals surface area contributed by atoms with E-state index in [9.17, 15) is 0 Å². The number of methoxy groups -OCH3 is 1. The highest BCUT2D eigenvalue weighted by Gasteiger charge is 2.30. The molecule has 0 unspecified atom stereocenters. The van der Waals surface area contributed by atoms with Crippen molar-refractivity contribution >= 4 is 0 Å². The van der Waals surface area contributed by atoms with Gasteiger partial charge in [-0.15, -0.1) is 0 Å². The van der Waals surface area contributed by atoms with E-state index in [0.29, 0.717) is 5.92 Å². The smallest absolute Gasteiger partial charge is 0.118 e. The van der Waals surface area contributed by atoms with Crippen LogP contribution in [0.2, 0.25) is 0 Å². The predicted molar refractivity (Wildman–Crippen MR) is 101 cm³/mol. The number of rotatable bonds is 8. The lowest BCUT2D eigenvalue weighted by Gasteiger charge is -2.31. The molecule has 5 heteroatoms. The maximum Gasteiger partial charge on any atom is 0.118 e. The number of nitrogens with zero attached hydrogens (tertiary/aromatic N) is 3. The average Bonchev–Trinajstić information content (AvgIpc) is 3.37. The van der Waals surface area contributed by atoms with Crippen LogP contribution in [-0.4, -0.2) is 41.5 Å². The lowest BCUT2D eigenvalue weighted by atomic mass is 9.97. The van der Waals surface area contributed by atoms with Gasteiger partial charge in [0.25, 0.3) is 0 Å². The topological polar surface area (TPSA) is 39.5 Å². The Morgan fingerprint density at radius 2 is 2.00 bits per heavy atom. The molecule has 140 valence electrons. The summed E-state index contributed by atoms with van der Waals surface area (Å²) in [6, 6.07) is 8.39. The van der Waals surface area contributed by atoms with Crippen molar-refractivity contribution in [3.05, 3.63) is 47.3 Å². The summed E-state index contributed by atoms with van der Waals surface area (Å²) in [7, 11) is 1.71. The van der Waals surface area contributed by atoms with E-state index in [1.54, 1.807) is 7.11 Å². The highest BCUT2D eigenvalue weighted by Crippen LogP contribution is 2.33. The molecular formula is C21H29N3O2. The number of aromatic nitrogens is 2. The van der Waals surface area contributed by atoms with Crippen molar-refractivity contribution < 1.29 is 9.47 Å². The van der Waals surface area contributed by atoms with Crippen LogP contribution >= 0.6 is 0 Å². The average molecular weight is 355 g/mol. The lowest BCUT2D eigenvalue weighted by molar-refractivity contribution is 0.104. The van der Waals surface area contributed by atoms with Crippen LogP contribution in [0.3, 0.4) is 0 Å². The second-order valence-corrected chi connectivity index (χ2v) is 7.58. The van der Waals surface area contributed by atoms with Crippen molar-refractivity contribution in [2.45, 2.75) is 45.3 Å². The van der Waals surface area contributed by atoms with Gasteiger partial charge in [0.2, 0.25) is 0 Å². The van der Waals surface area contributed by atoms with E-state index in [4.69, 9.17) is 14.6 Å². The van der Waals surface area contributed by atoms with Crippen molar-refractivity contribution in [1.29, 1.82) is 0 Å². The van der Waals surface area contributed by atoms with Crippen LogP contribution in [0.4, 0.5) is 0 Å². The van der Waals surface area contributed by atoms with E-state index in [1.807, 2.05) is 12.1 Å². The van der Waals surface area contributed by atoms with E-state index in [-0.39, 0.29) is 0 Å². The van der Waals surface area contributed by atoms with Crippen LogP contribution in [0.5, 0.6) is 5.75 Å². The maximum absolute atomic E-state index is 5.77. The molecule has 0 radical (unpaired) electrons. The minimum Gasteiger partial charge on any atom is -0.497 e. The Balaban J connectivity index is 1.48. The van der Waals surface area contributed by atoms with E-state index in [0.717, 1.165) is 51.1 Å². The number of fused-ring (bicyclic) bond motifs is 1. The van der Waals surface area contributed by atoms with Gasteiger partial charge in [-0.3, -0.25) is 9.58 Å². The van der Waals surface area contributed by atoms with Gasteiger partial charge in [0, 0.05) is 50.5 Å². The fraction of sp³-hybridized carbons (Fsp3) is 0.571. The second-order valence-electron chi connectivity index (χ2n) is 7.58. The van der Waals surface area contributed by atoms with Crippen LogP contribution in [0.25, 0.3) is 0 Å². The van der Waals surface area contributed by atoms with E-state index in [1.165, 1.54) is 29.7 Å². The third-order valence-electron chi connectivity index (χ3n) is 5.36. The molecule has 1 aromatic heterocycles. The summed E-state index contributed by atoms with van der Waals surface area (Å²) in [5, 5.41) is 4.92. The molecule has 4 rings (SSSR count). The first-order valence-electron chi connectivity index (χ1n) is 9.74. The molecule has 1 aliphatic carbocycles. The zero-order valence-corrected chi connectivity index (χ0v) is 15.9. The molecule has 1 aliphatic heterocycles. The molecule has 2 aromatic rings. The monoisotopic (exact) mass is 355 g/mol. The maximum atomic E-state index is 5.77. The molecule has 0 bridgehead atoms. The number of hydrogen-bond donors (Lipinski definition) is 0. The van der Waals surface area contributed by atoms with Crippen molar-refractivity contribution in [3.8, 4) is 5.75 Å². The van der Waals surface area contributed by atoms with E-state index in [2.05, 4.69) is 34.8 Å². The van der Waals surface area contributed by atoms with Crippen molar-refractivity contribution in [2.75, 3.05) is 26.9 Å². The molecule has 1 fully saturated rings. The SMILES string of the molecule is CCOC[C@@H]1CN(Cc2ccc(OC)cc2)Cc2cn(CC3CC3)nc21. The standard InChI is InChI=1S/C21H29N3O2/c1-3-26-15-19-13-23(10-16-6-8-20(25-2)9-7-16)12-18-14-24(22-21(18)19)11-17-4-5-17/h6-9,14,17,19H,3-5,10-13,15H2,1-2H3/t19-/m0/s1. The fourth-order valence-corrected chi connectivity index (χ4v) is 3.81. The molecule has 0 amide bonds. The van der Waals surface area contributed by atoms with Crippen molar-refractivity contribution in [3.63, 3.8) is 0 Å². The Morgan fingerprint density at radius 3 is 2.69 bits per heavy atom. The number of hydrogen-bond acceptors (Lipinski definition) is 4. The van der Waals surface area contributed by atoms with Gasteiger partial charge in [-0.05, 0) is 43.4 Å². The van der Waals surface area contributed by atoms with Crippen LogP contribution in [0, 0.1) is 5.92 Å². The zero-order chi connectivity index (χ0) is 17.9. The normalized spacial score (nSPS) is 20.2. The first kappa shape index (κ1) is 17.6. The lowest BCUT2D eigenvalue weighted by Crippen LogP contribution is -2.34. The second kappa shape index (κ2) is 7.80. The van der Waals surface area contributed by atoms with Gasteiger partial charge in [-0.1, -0.05) is 12.1 Å². The van der Waals surface area contributed by atoms with Gasteiger partial charge >= 0.3 is 0 Å². The predicted octanol–water partition coefficient (Wildman–Crippen LogP) is 3.44. The summed E-state index contributed by atoms with van der Waals surface area (Å²) in [5.41, 5.74) is 3.94. The highest BCUT2D eigenvalue weighted by molar-refractivity contribution is 5.28.